The summed E-state index contributed by atoms with van der Waals surface area (Å²) in [6.45, 7) is 4.26. The van der Waals surface area contributed by atoms with Crippen LogP contribution in [-0.2, 0) is 6.54 Å². The van der Waals surface area contributed by atoms with Gasteiger partial charge in [-0.1, -0.05) is 12.1 Å². The molecule has 2 rings (SSSR count). The molecule has 0 aromatic heterocycles. The van der Waals surface area contributed by atoms with E-state index in [-0.39, 0.29) is 6.10 Å². The molecule has 1 unspecified atom stereocenters. The van der Waals surface area contributed by atoms with Crippen molar-refractivity contribution < 1.29 is 5.11 Å². The number of hydrogen-bond acceptors (Lipinski definition) is 4. The molecule has 0 bridgehead atoms. The standard InChI is InChI=1S/C15H21N3O/c16-9-13-4-3-5-14(8-13)10-17-11-15(19)12-18-6-1-2-7-18/h3-5,8,15,17,19H,1-2,6-7,10-12H2. The minimum atomic E-state index is -0.322. The van der Waals surface area contributed by atoms with E-state index in [0.29, 0.717) is 18.7 Å². The molecule has 1 aromatic carbocycles. The Labute approximate surface area is 114 Å². The maximum atomic E-state index is 9.93. The van der Waals surface area contributed by atoms with Crippen molar-refractivity contribution in [1.29, 1.82) is 5.26 Å². The molecule has 1 heterocycles. The monoisotopic (exact) mass is 259 g/mol. The second kappa shape index (κ2) is 7.25. The predicted molar refractivity (Wildman–Crippen MR) is 74.5 cm³/mol. The molecule has 1 atom stereocenters. The van der Waals surface area contributed by atoms with Crippen molar-refractivity contribution in [2.45, 2.75) is 25.5 Å². The van der Waals surface area contributed by atoms with E-state index in [0.717, 1.165) is 25.2 Å². The Morgan fingerprint density at radius 2 is 2.16 bits per heavy atom. The number of aliphatic hydroxyl groups excluding tert-OH is 1. The van der Waals surface area contributed by atoms with Gasteiger partial charge >= 0.3 is 0 Å². The van der Waals surface area contributed by atoms with Gasteiger partial charge < -0.3 is 15.3 Å². The number of aliphatic hydroxyl groups is 1. The van der Waals surface area contributed by atoms with Gasteiger partial charge in [-0.2, -0.15) is 5.26 Å². The molecule has 4 nitrogen and oxygen atoms in total. The molecular weight excluding hydrogens is 238 g/mol. The van der Waals surface area contributed by atoms with Gasteiger partial charge in [0.25, 0.3) is 0 Å². The Morgan fingerprint density at radius 3 is 2.89 bits per heavy atom. The van der Waals surface area contributed by atoms with Crippen molar-refractivity contribution in [3.8, 4) is 6.07 Å². The maximum absolute atomic E-state index is 9.93. The van der Waals surface area contributed by atoms with Gasteiger partial charge in [-0.25, -0.2) is 0 Å². The number of β-amino-alcohol motifs (C(OH)–C–C–N with tert-alkyl or cyclic N) is 1. The summed E-state index contributed by atoms with van der Waals surface area (Å²) in [4.78, 5) is 2.31. The molecule has 2 N–H and O–H groups in total. The minimum absolute atomic E-state index is 0.322. The summed E-state index contributed by atoms with van der Waals surface area (Å²) in [6.07, 6.45) is 2.18. The van der Waals surface area contributed by atoms with E-state index < -0.39 is 0 Å². The molecule has 19 heavy (non-hydrogen) atoms. The number of likely N-dealkylation sites (tertiary alicyclic amines) is 1. The van der Waals surface area contributed by atoms with Crippen LogP contribution >= 0.6 is 0 Å². The van der Waals surface area contributed by atoms with Gasteiger partial charge in [0.15, 0.2) is 0 Å². The van der Waals surface area contributed by atoms with Crippen LogP contribution in [-0.4, -0.2) is 42.3 Å². The molecule has 0 radical (unpaired) electrons. The number of hydrogen-bond donors (Lipinski definition) is 2. The highest BCUT2D eigenvalue weighted by molar-refractivity contribution is 5.32. The maximum Gasteiger partial charge on any atom is 0.0991 e. The van der Waals surface area contributed by atoms with Crippen LogP contribution < -0.4 is 5.32 Å². The average molecular weight is 259 g/mol. The van der Waals surface area contributed by atoms with Crippen molar-refractivity contribution in [3.63, 3.8) is 0 Å². The van der Waals surface area contributed by atoms with Gasteiger partial charge in [-0.3, -0.25) is 0 Å². The van der Waals surface area contributed by atoms with E-state index in [1.165, 1.54) is 12.8 Å². The lowest BCUT2D eigenvalue weighted by Gasteiger charge is -2.19. The smallest absolute Gasteiger partial charge is 0.0991 e. The molecule has 0 amide bonds. The van der Waals surface area contributed by atoms with Gasteiger partial charge in [-0.15, -0.1) is 0 Å². The first kappa shape index (κ1) is 14.0. The zero-order valence-corrected chi connectivity index (χ0v) is 11.2. The van der Waals surface area contributed by atoms with E-state index >= 15 is 0 Å². The van der Waals surface area contributed by atoms with Crippen molar-refractivity contribution >= 4 is 0 Å². The van der Waals surface area contributed by atoms with Crippen LogP contribution in [0.2, 0.25) is 0 Å². The van der Waals surface area contributed by atoms with Gasteiger partial charge in [0.05, 0.1) is 17.7 Å². The highest BCUT2D eigenvalue weighted by atomic mass is 16.3. The lowest BCUT2D eigenvalue weighted by Crippen LogP contribution is -2.36. The quantitative estimate of drug-likeness (QED) is 0.803. The second-order valence-corrected chi connectivity index (χ2v) is 5.10. The van der Waals surface area contributed by atoms with Crippen molar-refractivity contribution in [3.05, 3.63) is 35.4 Å². The number of nitrogens with one attached hydrogen (secondary N) is 1. The SMILES string of the molecule is N#Cc1cccc(CNCC(O)CN2CCCC2)c1. The van der Waals surface area contributed by atoms with Crippen molar-refractivity contribution in [2.75, 3.05) is 26.2 Å². The molecule has 0 saturated carbocycles. The Bertz CT molecular complexity index is 435. The van der Waals surface area contributed by atoms with E-state index in [9.17, 15) is 5.11 Å². The molecule has 1 aliphatic rings. The third-order valence-corrected chi connectivity index (χ3v) is 3.43. The summed E-state index contributed by atoms with van der Waals surface area (Å²) in [6, 6.07) is 9.68. The number of nitrogens with zero attached hydrogens (tertiary/aromatic N) is 2. The lowest BCUT2D eigenvalue weighted by atomic mass is 10.1. The Morgan fingerprint density at radius 1 is 1.37 bits per heavy atom. The average Bonchev–Trinajstić information content (AvgIpc) is 2.92. The zero-order chi connectivity index (χ0) is 13.5. The topological polar surface area (TPSA) is 59.3 Å². The van der Waals surface area contributed by atoms with Gasteiger partial charge in [-0.05, 0) is 43.6 Å². The van der Waals surface area contributed by atoms with E-state index in [2.05, 4.69) is 16.3 Å². The van der Waals surface area contributed by atoms with Crippen LogP contribution in [0.5, 0.6) is 0 Å². The molecular formula is C15H21N3O. The summed E-state index contributed by atoms with van der Waals surface area (Å²) >= 11 is 0. The minimum Gasteiger partial charge on any atom is -0.390 e. The molecule has 0 aliphatic carbocycles. The van der Waals surface area contributed by atoms with Crippen molar-refractivity contribution in [2.24, 2.45) is 0 Å². The van der Waals surface area contributed by atoms with Crippen LogP contribution in [0.15, 0.2) is 24.3 Å². The van der Waals surface area contributed by atoms with Gasteiger partial charge in [0, 0.05) is 19.6 Å². The van der Waals surface area contributed by atoms with E-state index in [1.807, 2.05) is 18.2 Å². The van der Waals surface area contributed by atoms with Crippen LogP contribution in [0.3, 0.4) is 0 Å². The third-order valence-electron chi connectivity index (χ3n) is 3.43. The summed E-state index contributed by atoms with van der Waals surface area (Å²) in [5, 5.41) is 22.0. The summed E-state index contributed by atoms with van der Waals surface area (Å²) in [7, 11) is 0. The largest absolute Gasteiger partial charge is 0.390 e. The molecule has 1 aromatic rings. The highest BCUT2D eigenvalue weighted by Crippen LogP contribution is 2.07. The molecule has 1 saturated heterocycles. The molecule has 1 aliphatic heterocycles. The summed E-state index contributed by atoms with van der Waals surface area (Å²) < 4.78 is 0. The number of benzene rings is 1. The van der Waals surface area contributed by atoms with Crippen LogP contribution in [0.1, 0.15) is 24.0 Å². The first-order valence-electron chi connectivity index (χ1n) is 6.88. The Balaban J connectivity index is 1.69. The summed E-state index contributed by atoms with van der Waals surface area (Å²) in [5.41, 5.74) is 1.75. The van der Waals surface area contributed by atoms with Crippen molar-refractivity contribution in [1.82, 2.24) is 10.2 Å². The molecule has 102 valence electrons. The first-order chi connectivity index (χ1) is 9.28. The summed E-state index contributed by atoms with van der Waals surface area (Å²) in [5.74, 6) is 0. The lowest BCUT2D eigenvalue weighted by molar-refractivity contribution is 0.123. The Kier molecular flexibility index (Phi) is 5.34. The van der Waals surface area contributed by atoms with E-state index in [4.69, 9.17) is 5.26 Å². The van der Waals surface area contributed by atoms with Crippen LogP contribution in [0, 0.1) is 11.3 Å². The molecule has 1 fully saturated rings. The first-order valence-corrected chi connectivity index (χ1v) is 6.88. The van der Waals surface area contributed by atoms with E-state index in [1.54, 1.807) is 6.07 Å². The molecule has 0 spiro atoms. The highest BCUT2D eigenvalue weighted by Gasteiger charge is 2.15. The fourth-order valence-electron chi connectivity index (χ4n) is 2.46. The van der Waals surface area contributed by atoms with Crippen LogP contribution in [0.4, 0.5) is 0 Å². The second-order valence-electron chi connectivity index (χ2n) is 5.10. The number of nitriles is 1. The van der Waals surface area contributed by atoms with Crippen LogP contribution in [0.25, 0.3) is 0 Å². The fourth-order valence-corrected chi connectivity index (χ4v) is 2.46. The fraction of sp³-hybridized carbons (Fsp3) is 0.533. The Hall–Kier alpha value is -1.41. The third kappa shape index (κ3) is 4.64. The zero-order valence-electron chi connectivity index (χ0n) is 11.2. The van der Waals surface area contributed by atoms with Gasteiger partial charge in [0.2, 0.25) is 0 Å². The molecule has 4 heteroatoms. The normalized spacial score (nSPS) is 17.3. The van der Waals surface area contributed by atoms with Gasteiger partial charge in [0.1, 0.15) is 0 Å². The predicted octanol–water partition coefficient (Wildman–Crippen LogP) is 1.10. The number of rotatable bonds is 6.